The normalized spacial score (nSPS) is 12.0. The highest BCUT2D eigenvalue weighted by atomic mass is 16.5. The Balaban J connectivity index is 1.59. The van der Waals surface area contributed by atoms with E-state index in [1.165, 1.54) is 6.07 Å². The smallest absolute Gasteiger partial charge is 0.336 e. The Kier molecular flexibility index (Phi) is 6.74. The Morgan fingerprint density at radius 1 is 1.10 bits per heavy atom. The third kappa shape index (κ3) is 5.18. The van der Waals surface area contributed by atoms with Gasteiger partial charge in [-0.1, -0.05) is 12.1 Å². The SMILES string of the molecule is COc1ccc([C@H](CNC(=O)COc2ccc3c(C)cc(=O)oc3c2)N(C)C)cc1. The van der Waals surface area contributed by atoms with Gasteiger partial charge in [-0.2, -0.15) is 0 Å². The Morgan fingerprint density at radius 2 is 1.80 bits per heavy atom. The number of methoxy groups -OCH3 is 1. The maximum Gasteiger partial charge on any atom is 0.336 e. The lowest BCUT2D eigenvalue weighted by atomic mass is 10.1. The van der Waals surface area contributed by atoms with Crippen molar-refractivity contribution in [2.24, 2.45) is 0 Å². The molecule has 0 saturated carbocycles. The molecule has 0 aliphatic carbocycles. The lowest BCUT2D eigenvalue weighted by Crippen LogP contribution is -2.36. The van der Waals surface area contributed by atoms with E-state index in [2.05, 4.69) is 5.32 Å². The second-order valence-corrected chi connectivity index (χ2v) is 7.25. The molecule has 0 unspecified atom stereocenters. The van der Waals surface area contributed by atoms with Crippen molar-refractivity contribution < 1.29 is 18.7 Å². The topological polar surface area (TPSA) is 81.0 Å². The molecule has 2 aromatic carbocycles. The molecule has 0 aliphatic rings. The summed E-state index contributed by atoms with van der Waals surface area (Å²) in [5, 5.41) is 3.74. The van der Waals surface area contributed by atoms with Gasteiger partial charge < -0.3 is 24.1 Å². The Labute approximate surface area is 175 Å². The lowest BCUT2D eigenvalue weighted by molar-refractivity contribution is -0.123. The maximum absolute atomic E-state index is 12.3. The van der Waals surface area contributed by atoms with Gasteiger partial charge in [-0.15, -0.1) is 0 Å². The Morgan fingerprint density at radius 3 is 2.47 bits per heavy atom. The molecule has 1 amide bonds. The third-order valence-corrected chi connectivity index (χ3v) is 4.91. The molecule has 3 aromatic rings. The molecule has 158 valence electrons. The van der Waals surface area contributed by atoms with Crippen LogP contribution in [0.3, 0.4) is 0 Å². The molecule has 7 nitrogen and oxygen atoms in total. The van der Waals surface area contributed by atoms with Crippen LogP contribution in [-0.4, -0.2) is 45.2 Å². The number of nitrogens with zero attached hydrogens (tertiary/aromatic N) is 1. The van der Waals surface area contributed by atoms with E-state index in [1.54, 1.807) is 19.2 Å². The minimum absolute atomic E-state index is 0.0118. The van der Waals surface area contributed by atoms with Crippen LogP contribution in [0.5, 0.6) is 11.5 Å². The van der Waals surface area contributed by atoms with E-state index in [0.29, 0.717) is 17.9 Å². The number of rotatable bonds is 8. The van der Waals surface area contributed by atoms with Gasteiger partial charge in [-0.25, -0.2) is 4.79 Å². The van der Waals surface area contributed by atoms with Crippen molar-refractivity contribution in [3.8, 4) is 11.5 Å². The fourth-order valence-corrected chi connectivity index (χ4v) is 3.23. The molecule has 3 rings (SSSR count). The van der Waals surface area contributed by atoms with Crippen molar-refractivity contribution in [3.63, 3.8) is 0 Å². The van der Waals surface area contributed by atoms with Gasteiger partial charge >= 0.3 is 5.63 Å². The summed E-state index contributed by atoms with van der Waals surface area (Å²) >= 11 is 0. The van der Waals surface area contributed by atoms with Gasteiger partial charge in [-0.3, -0.25) is 4.79 Å². The van der Waals surface area contributed by atoms with E-state index in [4.69, 9.17) is 13.9 Å². The highest BCUT2D eigenvalue weighted by molar-refractivity contribution is 5.81. The van der Waals surface area contributed by atoms with Gasteiger partial charge in [0.05, 0.1) is 13.2 Å². The summed E-state index contributed by atoms with van der Waals surface area (Å²) in [6.07, 6.45) is 0. The van der Waals surface area contributed by atoms with Crippen LogP contribution >= 0.6 is 0 Å². The number of hydrogen-bond donors (Lipinski definition) is 1. The van der Waals surface area contributed by atoms with Gasteiger partial charge in [0.15, 0.2) is 6.61 Å². The third-order valence-electron chi connectivity index (χ3n) is 4.91. The number of likely N-dealkylation sites (N-methyl/N-ethyl adjacent to an activating group) is 1. The predicted molar refractivity (Wildman–Crippen MR) is 115 cm³/mol. The lowest BCUT2D eigenvalue weighted by Gasteiger charge is -2.25. The van der Waals surface area contributed by atoms with Crippen LogP contribution in [0.25, 0.3) is 11.0 Å². The second-order valence-electron chi connectivity index (χ2n) is 7.25. The quantitative estimate of drug-likeness (QED) is 0.575. The molecule has 7 heteroatoms. The number of benzene rings is 2. The summed E-state index contributed by atoms with van der Waals surface area (Å²) < 4.78 is 16.0. The first-order valence-electron chi connectivity index (χ1n) is 9.62. The molecule has 0 bridgehead atoms. The Bertz CT molecular complexity index is 1070. The molecule has 0 aliphatic heterocycles. The number of carbonyl (C=O) groups is 1. The predicted octanol–water partition coefficient (Wildman–Crippen LogP) is 2.91. The number of nitrogens with one attached hydrogen (secondary N) is 1. The van der Waals surface area contributed by atoms with Gasteiger partial charge in [0.2, 0.25) is 0 Å². The average Bonchev–Trinajstić information content (AvgIpc) is 2.72. The van der Waals surface area contributed by atoms with Crippen molar-refractivity contribution >= 4 is 16.9 Å². The minimum Gasteiger partial charge on any atom is -0.497 e. The highest BCUT2D eigenvalue weighted by Gasteiger charge is 2.16. The van der Waals surface area contributed by atoms with Gasteiger partial charge in [0.1, 0.15) is 17.1 Å². The number of amides is 1. The van der Waals surface area contributed by atoms with Gasteiger partial charge in [0.25, 0.3) is 5.91 Å². The standard InChI is InChI=1S/C23H26N2O5/c1-15-11-23(27)30-21-12-18(9-10-19(15)21)29-14-22(26)24-13-20(25(2)3)16-5-7-17(28-4)8-6-16/h5-12,20H,13-14H2,1-4H3,(H,24,26)/t20-/m0/s1. The van der Waals surface area contributed by atoms with E-state index < -0.39 is 5.63 Å². The summed E-state index contributed by atoms with van der Waals surface area (Å²) in [4.78, 5) is 25.9. The average molecular weight is 410 g/mol. The molecule has 1 N–H and O–H groups in total. The minimum atomic E-state index is -0.414. The highest BCUT2D eigenvalue weighted by Crippen LogP contribution is 2.23. The van der Waals surface area contributed by atoms with Crippen LogP contribution < -0.4 is 20.4 Å². The summed E-state index contributed by atoms with van der Waals surface area (Å²) in [7, 11) is 5.55. The van der Waals surface area contributed by atoms with Crippen LogP contribution in [0.1, 0.15) is 17.2 Å². The van der Waals surface area contributed by atoms with Crippen LogP contribution in [0, 0.1) is 6.92 Å². The molecule has 0 radical (unpaired) electrons. The summed E-state index contributed by atoms with van der Waals surface area (Å²) in [5.41, 5.74) is 1.92. The number of fused-ring (bicyclic) bond motifs is 1. The molecule has 1 atom stereocenters. The van der Waals surface area contributed by atoms with Crippen LogP contribution in [0.4, 0.5) is 0 Å². The second kappa shape index (κ2) is 9.45. The van der Waals surface area contributed by atoms with Crippen LogP contribution in [-0.2, 0) is 4.79 Å². The van der Waals surface area contributed by atoms with Crippen molar-refractivity contribution in [2.75, 3.05) is 34.4 Å². The fraction of sp³-hybridized carbons (Fsp3) is 0.304. The molecular weight excluding hydrogens is 384 g/mol. The molecule has 0 saturated heterocycles. The number of aryl methyl sites for hydroxylation is 1. The van der Waals surface area contributed by atoms with Crippen LogP contribution in [0.15, 0.2) is 57.7 Å². The van der Waals surface area contributed by atoms with Crippen LogP contribution in [0.2, 0.25) is 0 Å². The van der Waals surface area contributed by atoms with Gasteiger partial charge in [0, 0.05) is 24.1 Å². The molecular formula is C23H26N2O5. The van der Waals surface area contributed by atoms with E-state index in [9.17, 15) is 9.59 Å². The number of ether oxygens (including phenoxy) is 2. The first-order chi connectivity index (χ1) is 14.4. The molecule has 30 heavy (non-hydrogen) atoms. The van der Waals surface area contributed by atoms with Crippen molar-refractivity contribution in [2.45, 2.75) is 13.0 Å². The molecule has 0 fully saturated rings. The van der Waals surface area contributed by atoms with Gasteiger partial charge in [-0.05, 0) is 56.4 Å². The van der Waals surface area contributed by atoms with Crippen molar-refractivity contribution in [1.29, 1.82) is 0 Å². The van der Waals surface area contributed by atoms with E-state index in [0.717, 1.165) is 22.3 Å². The van der Waals surface area contributed by atoms with E-state index in [1.807, 2.05) is 56.3 Å². The fourth-order valence-electron chi connectivity index (χ4n) is 3.23. The maximum atomic E-state index is 12.3. The Hall–Kier alpha value is -3.32. The summed E-state index contributed by atoms with van der Waals surface area (Å²) in [6.45, 7) is 2.15. The van der Waals surface area contributed by atoms with E-state index in [-0.39, 0.29) is 18.6 Å². The molecule has 0 spiro atoms. The number of carbonyl (C=O) groups excluding carboxylic acids is 1. The zero-order chi connectivity index (χ0) is 21.7. The van der Waals surface area contributed by atoms with E-state index >= 15 is 0 Å². The zero-order valence-corrected chi connectivity index (χ0v) is 17.6. The molecule has 1 aromatic heterocycles. The zero-order valence-electron chi connectivity index (χ0n) is 17.6. The molecule has 1 heterocycles. The first kappa shape index (κ1) is 21.4. The monoisotopic (exact) mass is 410 g/mol. The summed E-state index contributed by atoms with van der Waals surface area (Å²) in [6, 6.07) is 14.4. The summed E-state index contributed by atoms with van der Waals surface area (Å²) in [5.74, 6) is 1.02. The van der Waals surface area contributed by atoms with Crippen molar-refractivity contribution in [3.05, 3.63) is 70.1 Å². The largest absolute Gasteiger partial charge is 0.497 e. The first-order valence-corrected chi connectivity index (χ1v) is 9.62. The number of hydrogen-bond acceptors (Lipinski definition) is 6. The van der Waals surface area contributed by atoms with Crippen molar-refractivity contribution in [1.82, 2.24) is 10.2 Å².